The standard InChI is InChI=1S/C22H21F3N2O6S/c1-4-32-21(31)18-12(2)13(3)34-19(18)27-17(29)11-33-20(30)14-7-5-6-8-15(14)26-10-9-16(28)22(23,24)25/h5-10,26H,4,11H2,1-3H3,(H,27,29)/b10-9+. The molecule has 0 spiro atoms. The highest BCUT2D eigenvalue weighted by atomic mass is 32.1. The van der Waals surface area contributed by atoms with Crippen LogP contribution in [0.1, 0.15) is 38.1 Å². The van der Waals surface area contributed by atoms with Gasteiger partial charge in [0.1, 0.15) is 5.00 Å². The number of rotatable bonds is 9. The average Bonchev–Trinajstić information content (AvgIpc) is 3.04. The first-order valence-electron chi connectivity index (χ1n) is 9.83. The number of ether oxygens (including phenoxy) is 2. The molecule has 0 aliphatic carbocycles. The number of thiophene rings is 1. The molecule has 0 radical (unpaired) electrons. The summed E-state index contributed by atoms with van der Waals surface area (Å²) < 4.78 is 46.9. The molecule has 0 bridgehead atoms. The fourth-order valence-corrected chi connectivity index (χ4v) is 3.69. The Morgan fingerprint density at radius 1 is 1.06 bits per heavy atom. The Bertz CT molecular complexity index is 1120. The number of alkyl halides is 3. The summed E-state index contributed by atoms with van der Waals surface area (Å²) in [5, 5.41) is 5.20. The van der Waals surface area contributed by atoms with Crippen LogP contribution in [0.3, 0.4) is 0 Å². The molecule has 182 valence electrons. The van der Waals surface area contributed by atoms with Gasteiger partial charge in [-0.1, -0.05) is 12.1 Å². The summed E-state index contributed by atoms with van der Waals surface area (Å²) in [4.78, 5) is 48.6. The van der Waals surface area contributed by atoms with Crippen LogP contribution >= 0.6 is 11.3 Å². The van der Waals surface area contributed by atoms with Gasteiger partial charge in [0.2, 0.25) is 0 Å². The quantitative estimate of drug-likeness (QED) is 0.390. The fraction of sp³-hybridized carbons (Fsp3) is 0.273. The molecule has 0 unspecified atom stereocenters. The van der Waals surface area contributed by atoms with Crippen LogP contribution in [0.25, 0.3) is 0 Å². The molecule has 1 aromatic carbocycles. The van der Waals surface area contributed by atoms with Crippen LogP contribution < -0.4 is 10.6 Å². The van der Waals surface area contributed by atoms with Crippen LogP contribution in [-0.2, 0) is 19.1 Å². The molecule has 34 heavy (non-hydrogen) atoms. The number of hydrogen-bond acceptors (Lipinski definition) is 8. The molecule has 12 heteroatoms. The Kier molecular flexibility index (Phi) is 8.96. The summed E-state index contributed by atoms with van der Waals surface area (Å²) in [5.41, 5.74) is 0.870. The van der Waals surface area contributed by atoms with Crippen molar-refractivity contribution in [3.63, 3.8) is 0 Å². The van der Waals surface area contributed by atoms with E-state index in [9.17, 15) is 32.3 Å². The minimum Gasteiger partial charge on any atom is -0.462 e. The predicted molar refractivity (Wildman–Crippen MR) is 119 cm³/mol. The lowest BCUT2D eigenvalue weighted by Gasteiger charge is -2.10. The Labute approximate surface area is 196 Å². The lowest BCUT2D eigenvalue weighted by molar-refractivity contribution is -0.165. The maximum Gasteiger partial charge on any atom is 0.454 e. The van der Waals surface area contributed by atoms with Crippen LogP contribution in [0.15, 0.2) is 36.5 Å². The molecule has 0 saturated heterocycles. The van der Waals surface area contributed by atoms with E-state index in [2.05, 4.69) is 10.6 Å². The van der Waals surface area contributed by atoms with Gasteiger partial charge in [-0.05, 0) is 38.5 Å². The average molecular weight is 498 g/mol. The van der Waals surface area contributed by atoms with Gasteiger partial charge in [0.25, 0.3) is 11.7 Å². The van der Waals surface area contributed by atoms with E-state index in [-0.39, 0.29) is 34.5 Å². The first kappa shape index (κ1) is 26.6. The van der Waals surface area contributed by atoms with Crippen molar-refractivity contribution in [1.82, 2.24) is 0 Å². The first-order valence-corrected chi connectivity index (χ1v) is 10.6. The Hall–Kier alpha value is -3.67. The van der Waals surface area contributed by atoms with Crippen LogP contribution in [0.2, 0.25) is 0 Å². The summed E-state index contributed by atoms with van der Waals surface area (Å²) in [6, 6.07) is 5.69. The van der Waals surface area contributed by atoms with Gasteiger partial charge in [-0.15, -0.1) is 11.3 Å². The zero-order chi connectivity index (χ0) is 25.5. The third kappa shape index (κ3) is 6.91. The van der Waals surface area contributed by atoms with E-state index in [0.29, 0.717) is 5.56 Å². The second-order valence-electron chi connectivity index (χ2n) is 6.72. The second kappa shape index (κ2) is 11.5. The van der Waals surface area contributed by atoms with Crippen molar-refractivity contribution >= 4 is 45.7 Å². The maximum atomic E-state index is 12.4. The van der Waals surface area contributed by atoms with E-state index < -0.39 is 36.4 Å². The third-order valence-electron chi connectivity index (χ3n) is 4.35. The molecule has 2 rings (SSSR count). The number of halogens is 3. The second-order valence-corrected chi connectivity index (χ2v) is 7.94. The summed E-state index contributed by atoms with van der Waals surface area (Å²) in [5.74, 6) is -4.30. The highest BCUT2D eigenvalue weighted by Gasteiger charge is 2.36. The Balaban J connectivity index is 2.04. The molecule has 2 N–H and O–H groups in total. The zero-order valence-electron chi connectivity index (χ0n) is 18.4. The van der Waals surface area contributed by atoms with E-state index in [1.807, 2.05) is 0 Å². The van der Waals surface area contributed by atoms with E-state index in [1.165, 1.54) is 35.6 Å². The molecular weight excluding hydrogens is 477 g/mol. The fourth-order valence-electron chi connectivity index (χ4n) is 2.62. The van der Waals surface area contributed by atoms with Gasteiger partial charge in [0, 0.05) is 17.2 Å². The Morgan fingerprint density at radius 3 is 2.38 bits per heavy atom. The van der Waals surface area contributed by atoms with Crippen LogP contribution in [0.5, 0.6) is 0 Å². The topological polar surface area (TPSA) is 111 Å². The van der Waals surface area contributed by atoms with Gasteiger partial charge in [0.15, 0.2) is 6.61 Å². The number of amides is 1. The smallest absolute Gasteiger partial charge is 0.454 e. The number of anilines is 2. The number of carbonyl (C=O) groups excluding carboxylic acids is 4. The lowest BCUT2D eigenvalue weighted by atomic mass is 10.1. The lowest BCUT2D eigenvalue weighted by Crippen LogP contribution is -2.22. The van der Waals surface area contributed by atoms with Gasteiger partial charge in [-0.3, -0.25) is 9.59 Å². The van der Waals surface area contributed by atoms with E-state index in [4.69, 9.17) is 9.47 Å². The number of allylic oxidation sites excluding steroid dienone is 1. The number of carbonyl (C=O) groups is 4. The van der Waals surface area contributed by atoms with Crippen molar-refractivity contribution in [3.8, 4) is 0 Å². The van der Waals surface area contributed by atoms with Gasteiger partial charge in [-0.25, -0.2) is 9.59 Å². The first-order chi connectivity index (χ1) is 16.0. The molecule has 0 fully saturated rings. The predicted octanol–water partition coefficient (Wildman–Crippen LogP) is 4.39. The number of aryl methyl sites for hydroxylation is 1. The van der Waals surface area contributed by atoms with E-state index >= 15 is 0 Å². The number of para-hydroxylation sites is 1. The molecule has 8 nitrogen and oxygen atoms in total. The van der Waals surface area contributed by atoms with Crippen molar-refractivity contribution < 1.29 is 41.8 Å². The van der Waals surface area contributed by atoms with Gasteiger partial charge in [0.05, 0.1) is 23.4 Å². The minimum atomic E-state index is -5.02. The molecule has 0 aliphatic rings. The van der Waals surface area contributed by atoms with Crippen LogP contribution in [0.4, 0.5) is 23.9 Å². The number of ketones is 1. The summed E-state index contributed by atoms with van der Waals surface area (Å²) >= 11 is 1.17. The van der Waals surface area contributed by atoms with Gasteiger partial charge < -0.3 is 20.1 Å². The maximum absolute atomic E-state index is 12.4. The van der Waals surface area contributed by atoms with Crippen molar-refractivity contribution in [3.05, 3.63) is 58.1 Å². The largest absolute Gasteiger partial charge is 0.462 e. The van der Waals surface area contributed by atoms with E-state index in [0.717, 1.165) is 11.1 Å². The monoisotopic (exact) mass is 498 g/mol. The van der Waals surface area contributed by atoms with Crippen molar-refractivity contribution in [1.29, 1.82) is 0 Å². The van der Waals surface area contributed by atoms with Gasteiger partial charge in [-0.2, -0.15) is 13.2 Å². The third-order valence-corrected chi connectivity index (χ3v) is 5.47. The molecule has 0 saturated carbocycles. The molecule has 1 heterocycles. The highest BCUT2D eigenvalue weighted by molar-refractivity contribution is 7.16. The molecule has 2 aromatic rings. The summed E-state index contributed by atoms with van der Waals surface area (Å²) in [6.07, 6.45) is -3.99. The minimum absolute atomic E-state index is 0.0632. The SMILES string of the molecule is CCOC(=O)c1c(NC(=O)COC(=O)c2ccccc2N/C=C/C(=O)C(F)(F)F)sc(C)c1C. The molecular formula is C22H21F3N2O6S. The summed E-state index contributed by atoms with van der Waals surface area (Å²) in [6.45, 7) is 4.62. The normalized spacial score (nSPS) is 11.2. The zero-order valence-corrected chi connectivity index (χ0v) is 19.2. The van der Waals surface area contributed by atoms with Crippen LogP contribution in [0, 0.1) is 13.8 Å². The van der Waals surface area contributed by atoms with Gasteiger partial charge >= 0.3 is 18.1 Å². The van der Waals surface area contributed by atoms with Crippen LogP contribution in [-0.4, -0.2) is 43.0 Å². The number of esters is 2. The number of benzene rings is 1. The highest BCUT2D eigenvalue weighted by Crippen LogP contribution is 2.33. The van der Waals surface area contributed by atoms with Crippen molar-refractivity contribution in [2.75, 3.05) is 23.8 Å². The molecule has 0 atom stereocenters. The molecule has 0 aliphatic heterocycles. The number of hydrogen-bond donors (Lipinski definition) is 2. The number of nitrogens with one attached hydrogen (secondary N) is 2. The molecule has 1 amide bonds. The van der Waals surface area contributed by atoms with Crippen molar-refractivity contribution in [2.24, 2.45) is 0 Å². The van der Waals surface area contributed by atoms with E-state index in [1.54, 1.807) is 20.8 Å². The van der Waals surface area contributed by atoms with Crippen molar-refractivity contribution in [2.45, 2.75) is 26.9 Å². The summed E-state index contributed by atoms with van der Waals surface area (Å²) in [7, 11) is 0. The molecule has 1 aromatic heterocycles. The Morgan fingerprint density at radius 2 is 1.74 bits per heavy atom.